The highest BCUT2D eigenvalue weighted by Crippen LogP contribution is 2.36. The fourth-order valence-corrected chi connectivity index (χ4v) is 4.64. The number of rotatable bonds is 3. The highest BCUT2D eigenvalue weighted by atomic mass is 19.4. The summed E-state index contributed by atoms with van der Waals surface area (Å²) in [5.74, 6) is 0.0376. The van der Waals surface area contributed by atoms with Crippen LogP contribution in [0.1, 0.15) is 63.5 Å². The van der Waals surface area contributed by atoms with Gasteiger partial charge in [0.2, 0.25) is 5.91 Å². The maximum Gasteiger partial charge on any atom is 0.416 e. The van der Waals surface area contributed by atoms with Gasteiger partial charge in [-0.1, -0.05) is 12.1 Å². The van der Waals surface area contributed by atoms with Gasteiger partial charge in [-0.05, 0) is 64.2 Å². The Hall–Kier alpha value is -2.25. The molecule has 166 valence electrons. The molecule has 1 aromatic rings. The minimum Gasteiger partial charge on any atom is -0.465 e. The van der Waals surface area contributed by atoms with E-state index in [9.17, 15) is 27.9 Å². The zero-order valence-electron chi connectivity index (χ0n) is 17.6. The van der Waals surface area contributed by atoms with Crippen LogP contribution in [0, 0.1) is 5.92 Å². The molecule has 8 heteroatoms. The van der Waals surface area contributed by atoms with Gasteiger partial charge in [-0.15, -0.1) is 0 Å². The molecule has 1 aromatic carbocycles. The lowest BCUT2D eigenvalue weighted by Gasteiger charge is -2.45. The van der Waals surface area contributed by atoms with Crippen molar-refractivity contribution < 1.29 is 27.9 Å². The van der Waals surface area contributed by atoms with Gasteiger partial charge in [0, 0.05) is 36.5 Å². The molecule has 1 heterocycles. The Kier molecular flexibility index (Phi) is 6.07. The summed E-state index contributed by atoms with van der Waals surface area (Å²) in [6.07, 6.45) is -2.64. The van der Waals surface area contributed by atoms with Crippen molar-refractivity contribution in [3.63, 3.8) is 0 Å². The third-order valence-corrected chi connectivity index (χ3v) is 6.24. The van der Waals surface area contributed by atoms with Crippen LogP contribution < -0.4 is 0 Å². The molecule has 0 spiro atoms. The van der Waals surface area contributed by atoms with E-state index in [-0.39, 0.29) is 23.8 Å². The number of likely N-dealkylation sites (tertiary alicyclic amines) is 1. The molecular weight excluding hydrogens is 397 g/mol. The van der Waals surface area contributed by atoms with Crippen LogP contribution in [0.3, 0.4) is 0 Å². The lowest BCUT2D eigenvalue weighted by atomic mass is 9.81. The summed E-state index contributed by atoms with van der Waals surface area (Å²) in [7, 11) is 0. The molecule has 0 aromatic heterocycles. The van der Waals surface area contributed by atoms with Crippen molar-refractivity contribution in [2.45, 2.75) is 70.1 Å². The molecule has 30 heavy (non-hydrogen) atoms. The first kappa shape index (κ1) is 22.4. The molecule has 1 saturated heterocycles. The quantitative estimate of drug-likeness (QED) is 0.743. The molecule has 0 radical (unpaired) electrons. The summed E-state index contributed by atoms with van der Waals surface area (Å²) in [4.78, 5) is 27.7. The Morgan fingerprint density at radius 3 is 1.97 bits per heavy atom. The maximum atomic E-state index is 12.8. The number of hydrogen-bond acceptors (Lipinski definition) is 2. The zero-order valence-corrected chi connectivity index (χ0v) is 17.6. The minimum atomic E-state index is -4.35. The topological polar surface area (TPSA) is 60.9 Å². The van der Waals surface area contributed by atoms with Gasteiger partial charge in [0.1, 0.15) is 0 Å². The second kappa shape index (κ2) is 8.12. The monoisotopic (exact) mass is 426 g/mol. The van der Waals surface area contributed by atoms with Crippen molar-refractivity contribution >= 4 is 12.0 Å². The van der Waals surface area contributed by atoms with Gasteiger partial charge in [-0.25, -0.2) is 4.79 Å². The first-order valence-corrected chi connectivity index (χ1v) is 10.4. The van der Waals surface area contributed by atoms with Crippen LogP contribution >= 0.6 is 0 Å². The van der Waals surface area contributed by atoms with Gasteiger partial charge in [0.05, 0.1) is 5.56 Å². The summed E-state index contributed by atoms with van der Waals surface area (Å²) in [5, 5.41) is 9.56. The van der Waals surface area contributed by atoms with Crippen LogP contribution in [0.5, 0.6) is 0 Å². The number of hydrogen-bond donors (Lipinski definition) is 1. The van der Waals surface area contributed by atoms with E-state index in [1.54, 1.807) is 4.90 Å². The molecule has 1 aliphatic heterocycles. The Balaban J connectivity index is 1.51. The standard InChI is InChI=1S/C22H29F3N2O3/c1-21(2,3)27(20(29)30)18-10-6-15(7-11-18)19(28)26-12-16(13-26)14-4-8-17(9-5-14)22(23,24)25/h4-5,8-9,15-16,18H,6-7,10-13H2,1-3H3,(H,29,30). The van der Waals surface area contributed by atoms with Crippen molar-refractivity contribution in [1.82, 2.24) is 9.80 Å². The Morgan fingerprint density at radius 1 is 1.00 bits per heavy atom. The smallest absolute Gasteiger partial charge is 0.416 e. The van der Waals surface area contributed by atoms with E-state index in [0.29, 0.717) is 38.8 Å². The molecule has 2 fully saturated rings. The normalized spacial score (nSPS) is 23.1. The molecule has 0 atom stereocenters. The Morgan fingerprint density at radius 2 is 1.53 bits per heavy atom. The third-order valence-electron chi connectivity index (χ3n) is 6.24. The number of alkyl halides is 3. The van der Waals surface area contributed by atoms with Crippen LogP contribution in [-0.4, -0.2) is 51.6 Å². The first-order chi connectivity index (χ1) is 13.9. The summed E-state index contributed by atoms with van der Waals surface area (Å²) >= 11 is 0. The van der Waals surface area contributed by atoms with E-state index >= 15 is 0 Å². The van der Waals surface area contributed by atoms with Crippen LogP contribution in [0.15, 0.2) is 24.3 Å². The second-order valence-corrected chi connectivity index (χ2v) is 9.39. The van der Waals surface area contributed by atoms with Gasteiger partial charge >= 0.3 is 12.3 Å². The van der Waals surface area contributed by atoms with E-state index < -0.39 is 23.4 Å². The van der Waals surface area contributed by atoms with Gasteiger partial charge in [0.15, 0.2) is 0 Å². The number of nitrogens with zero attached hydrogens (tertiary/aromatic N) is 2. The number of carbonyl (C=O) groups is 2. The second-order valence-electron chi connectivity index (χ2n) is 9.39. The van der Waals surface area contributed by atoms with Crippen LogP contribution in [0.25, 0.3) is 0 Å². The van der Waals surface area contributed by atoms with Crippen LogP contribution in [-0.2, 0) is 11.0 Å². The number of halogens is 3. The largest absolute Gasteiger partial charge is 0.465 e. The molecule has 0 bridgehead atoms. The molecule has 1 N–H and O–H groups in total. The van der Waals surface area contributed by atoms with Gasteiger partial charge in [-0.3, -0.25) is 4.79 Å². The number of benzene rings is 1. The Bertz CT molecular complexity index is 772. The fraction of sp³-hybridized carbons (Fsp3) is 0.636. The van der Waals surface area contributed by atoms with E-state index in [4.69, 9.17) is 0 Å². The molecule has 1 aliphatic carbocycles. The highest BCUT2D eigenvalue weighted by Gasteiger charge is 2.40. The molecule has 3 rings (SSSR count). The first-order valence-electron chi connectivity index (χ1n) is 10.4. The SMILES string of the molecule is CC(C)(C)N(C(=O)O)C1CCC(C(=O)N2CC(c3ccc(C(F)(F)F)cc3)C2)CC1. The fourth-order valence-electron chi connectivity index (χ4n) is 4.64. The molecule has 2 amide bonds. The predicted octanol–water partition coefficient (Wildman–Crippen LogP) is 4.97. The van der Waals surface area contributed by atoms with Crippen molar-refractivity contribution in [3.05, 3.63) is 35.4 Å². The van der Waals surface area contributed by atoms with Crippen molar-refractivity contribution in [3.8, 4) is 0 Å². The maximum absolute atomic E-state index is 12.8. The van der Waals surface area contributed by atoms with Gasteiger partial charge < -0.3 is 14.9 Å². The highest BCUT2D eigenvalue weighted by molar-refractivity contribution is 5.80. The molecule has 2 aliphatic rings. The number of carboxylic acid groups (broad SMARTS) is 1. The molecule has 1 saturated carbocycles. The van der Waals surface area contributed by atoms with E-state index in [1.807, 2.05) is 20.8 Å². The summed E-state index contributed by atoms with van der Waals surface area (Å²) in [6, 6.07) is 5.08. The van der Waals surface area contributed by atoms with E-state index in [1.165, 1.54) is 17.0 Å². The molecule has 5 nitrogen and oxygen atoms in total. The van der Waals surface area contributed by atoms with Crippen LogP contribution in [0.4, 0.5) is 18.0 Å². The number of carbonyl (C=O) groups excluding carboxylic acids is 1. The average molecular weight is 426 g/mol. The predicted molar refractivity (Wildman–Crippen MR) is 106 cm³/mol. The van der Waals surface area contributed by atoms with Crippen LogP contribution in [0.2, 0.25) is 0 Å². The van der Waals surface area contributed by atoms with Crippen molar-refractivity contribution in [1.29, 1.82) is 0 Å². The zero-order chi connectivity index (χ0) is 22.3. The van der Waals surface area contributed by atoms with Crippen molar-refractivity contribution in [2.24, 2.45) is 5.92 Å². The Labute approximate surface area is 174 Å². The lowest BCUT2D eigenvalue weighted by Crippen LogP contribution is -2.54. The molecular formula is C22H29F3N2O3. The minimum absolute atomic E-state index is 0.0657. The van der Waals surface area contributed by atoms with Crippen molar-refractivity contribution in [2.75, 3.05) is 13.1 Å². The summed E-state index contributed by atoms with van der Waals surface area (Å²) in [5.41, 5.74) is -0.335. The van der Waals surface area contributed by atoms with E-state index in [0.717, 1.165) is 17.7 Å². The summed E-state index contributed by atoms with van der Waals surface area (Å²) < 4.78 is 38.1. The lowest BCUT2D eigenvalue weighted by molar-refractivity contribution is -0.141. The average Bonchev–Trinajstić information content (AvgIpc) is 2.59. The number of amides is 2. The molecule has 0 unspecified atom stereocenters. The summed E-state index contributed by atoms with van der Waals surface area (Å²) in [6.45, 7) is 6.67. The third kappa shape index (κ3) is 4.73. The van der Waals surface area contributed by atoms with Gasteiger partial charge in [0.25, 0.3) is 0 Å². The van der Waals surface area contributed by atoms with E-state index in [2.05, 4.69) is 0 Å². The van der Waals surface area contributed by atoms with Gasteiger partial charge in [-0.2, -0.15) is 13.2 Å².